The summed E-state index contributed by atoms with van der Waals surface area (Å²) in [5.41, 5.74) is 1.45. The second kappa shape index (κ2) is 8.11. The predicted octanol–water partition coefficient (Wildman–Crippen LogP) is 3.09. The SMILES string of the molecule is c1ccc(CCCN2CCCN(Cc3noc(C4CC4)n3)CC2)cc1. The maximum absolute atomic E-state index is 5.38. The summed E-state index contributed by atoms with van der Waals surface area (Å²) in [4.78, 5) is 9.64. The van der Waals surface area contributed by atoms with Gasteiger partial charge in [-0.15, -0.1) is 0 Å². The molecule has 0 bridgehead atoms. The fourth-order valence-electron chi connectivity index (χ4n) is 3.59. The standard InChI is InChI=1S/C20H28N4O/c1-2-6-17(7-3-1)8-4-11-23-12-5-13-24(15-14-23)16-19-21-20(25-22-19)18-9-10-18/h1-3,6-7,18H,4-5,8-16H2. The number of aromatic nitrogens is 2. The third-order valence-corrected chi connectivity index (χ3v) is 5.24. The number of nitrogens with zero attached hydrogens (tertiary/aromatic N) is 4. The first-order valence-electron chi connectivity index (χ1n) is 9.68. The van der Waals surface area contributed by atoms with E-state index in [-0.39, 0.29) is 0 Å². The van der Waals surface area contributed by atoms with Crippen molar-refractivity contribution in [2.45, 2.75) is 44.6 Å². The molecule has 0 spiro atoms. The molecule has 1 aromatic carbocycles. The van der Waals surface area contributed by atoms with Crippen LogP contribution in [0.1, 0.15) is 48.9 Å². The van der Waals surface area contributed by atoms with Crippen molar-refractivity contribution in [2.75, 3.05) is 32.7 Å². The zero-order chi connectivity index (χ0) is 16.9. The Morgan fingerprint density at radius 1 is 1.00 bits per heavy atom. The molecule has 1 saturated carbocycles. The molecular weight excluding hydrogens is 312 g/mol. The van der Waals surface area contributed by atoms with Crippen LogP contribution < -0.4 is 0 Å². The lowest BCUT2D eigenvalue weighted by Gasteiger charge is -2.20. The van der Waals surface area contributed by atoms with E-state index in [2.05, 4.69) is 50.3 Å². The minimum Gasteiger partial charge on any atom is -0.339 e. The lowest BCUT2D eigenvalue weighted by molar-refractivity contribution is 0.243. The molecule has 0 amide bonds. The fourth-order valence-corrected chi connectivity index (χ4v) is 3.59. The van der Waals surface area contributed by atoms with Gasteiger partial charge in [-0.1, -0.05) is 35.5 Å². The number of hydrogen-bond acceptors (Lipinski definition) is 5. The molecule has 0 atom stereocenters. The predicted molar refractivity (Wildman–Crippen MR) is 97.4 cm³/mol. The molecule has 1 aliphatic heterocycles. The van der Waals surface area contributed by atoms with E-state index in [1.54, 1.807) is 0 Å². The highest BCUT2D eigenvalue weighted by molar-refractivity contribution is 5.14. The van der Waals surface area contributed by atoms with Crippen molar-refractivity contribution in [1.29, 1.82) is 0 Å². The van der Waals surface area contributed by atoms with Crippen molar-refractivity contribution in [2.24, 2.45) is 0 Å². The minimum absolute atomic E-state index is 0.547. The van der Waals surface area contributed by atoms with Crippen molar-refractivity contribution in [1.82, 2.24) is 19.9 Å². The van der Waals surface area contributed by atoms with Crippen LogP contribution in [0.25, 0.3) is 0 Å². The maximum Gasteiger partial charge on any atom is 0.229 e. The number of rotatable bonds is 7. The third-order valence-electron chi connectivity index (χ3n) is 5.24. The van der Waals surface area contributed by atoms with Gasteiger partial charge in [0.1, 0.15) is 0 Å². The second-order valence-corrected chi connectivity index (χ2v) is 7.38. The topological polar surface area (TPSA) is 45.4 Å². The maximum atomic E-state index is 5.38. The fraction of sp³-hybridized carbons (Fsp3) is 0.600. The molecule has 25 heavy (non-hydrogen) atoms. The second-order valence-electron chi connectivity index (χ2n) is 7.38. The smallest absolute Gasteiger partial charge is 0.229 e. The first-order chi connectivity index (χ1) is 12.4. The van der Waals surface area contributed by atoms with Gasteiger partial charge in [0.2, 0.25) is 5.89 Å². The van der Waals surface area contributed by atoms with E-state index in [0.717, 1.165) is 37.9 Å². The molecule has 2 aromatic rings. The van der Waals surface area contributed by atoms with Crippen LogP contribution in [-0.4, -0.2) is 52.7 Å². The Bertz CT molecular complexity index is 653. The van der Waals surface area contributed by atoms with Crippen molar-refractivity contribution in [3.8, 4) is 0 Å². The highest BCUT2D eigenvalue weighted by atomic mass is 16.5. The molecule has 0 N–H and O–H groups in total. The van der Waals surface area contributed by atoms with E-state index >= 15 is 0 Å². The Balaban J connectivity index is 1.20. The van der Waals surface area contributed by atoms with Crippen LogP contribution >= 0.6 is 0 Å². The van der Waals surface area contributed by atoms with Gasteiger partial charge in [0.05, 0.1) is 6.54 Å². The Morgan fingerprint density at radius 3 is 2.64 bits per heavy atom. The van der Waals surface area contributed by atoms with E-state index in [0.29, 0.717) is 5.92 Å². The van der Waals surface area contributed by atoms with Gasteiger partial charge in [-0.3, -0.25) is 4.90 Å². The Hall–Kier alpha value is -1.72. The van der Waals surface area contributed by atoms with E-state index in [4.69, 9.17) is 4.52 Å². The summed E-state index contributed by atoms with van der Waals surface area (Å²) in [6.45, 7) is 6.58. The van der Waals surface area contributed by atoms with Crippen LogP contribution in [0.4, 0.5) is 0 Å². The zero-order valence-electron chi connectivity index (χ0n) is 14.9. The summed E-state index contributed by atoms with van der Waals surface area (Å²) in [5.74, 6) is 2.26. The van der Waals surface area contributed by atoms with Gasteiger partial charge >= 0.3 is 0 Å². The molecule has 5 nitrogen and oxygen atoms in total. The molecule has 5 heteroatoms. The first kappa shape index (κ1) is 16.7. The van der Waals surface area contributed by atoms with Crippen LogP contribution in [0.3, 0.4) is 0 Å². The molecular formula is C20H28N4O. The molecule has 4 rings (SSSR count). The summed E-state index contributed by atoms with van der Waals surface area (Å²) in [7, 11) is 0. The Kier molecular flexibility index (Phi) is 5.43. The molecule has 1 saturated heterocycles. The van der Waals surface area contributed by atoms with Crippen LogP contribution in [0.15, 0.2) is 34.9 Å². The van der Waals surface area contributed by atoms with Crippen molar-refractivity contribution >= 4 is 0 Å². The zero-order valence-corrected chi connectivity index (χ0v) is 14.9. The van der Waals surface area contributed by atoms with Gasteiger partial charge in [0.25, 0.3) is 0 Å². The summed E-state index contributed by atoms with van der Waals surface area (Å²) in [6.07, 6.45) is 6.05. The molecule has 0 radical (unpaired) electrons. The normalized spacial score (nSPS) is 19.8. The summed E-state index contributed by atoms with van der Waals surface area (Å²) in [6, 6.07) is 10.8. The van der Waals surface area contributed by atoms with E-state index in [1.807, 2.05) is 0 Å². The van der Waals surface area contributed by atoms with Gasteiger partial charge < -0.3 is 9.42 Å². The highest BCUT2D eigenvalue weighted by Crippen LogP contribution is 2.38. The highest BCUT2D eigenvalue weighted by Gasteiger charge is 2.29. The lowest BCUT2D eigenvalue weighted by atomic mass is 10.1. The van der Waals surface area contributed by atoms with Gasteiger partial charge in [0.15, 0.2) is 5.82 Å². The molecule has 2 fully saturated rings. The quantitative estimate of drug-likeness (QED) is 0.775. The minimum atomic E-state index is 0.547. The molecule has 2 heterocycles. The van der Waals surface area contributed by atoms with Crippen LogP contribution in [0, 0.1) is 0 Å². The summed E-state index contributed by atoms with van der Waals surface area (Å²) in [5, 5.41) is 4.16. The van der Waals surface area contributed by atoms with Gasteiger partial charge in [-0.2, -0.15) is 4.98 Å². The molecule has 1 aromatic heterocycles. The van der Waals surface area contributed by atoms with Crippen LogP contribution in [-0.2, 0) is 13.0 Å². The Morgan fingerprint density at radius 2 is 1.80 bits per heavy atom. The average molecular weight is 340 g/mol. The van der Waals surface area contributed by atoms with Crippen molar-refractivity contribution in [3.63, 3.8) is 0 Å². The van der Waals surface area contributed by atoms with Crippen molar-refractivity contribution < 1.29 is 4.52 Å². The monoisotopic (exact) mass is 340 g/mol. The van der Waals surface area contributed by atoms with Gasteiger partial charge in [-0.05, 0) is 57.3 Å². The Labute approximate surface area is 150 Å². The lowest BCUT2D eigenvalue weighted by Crippen LogP contribution is -2.31. The molecule has 0 unspecified atom stereocenters. The average Bonchev–Trinajstić information content (AvgIpc) is 3.42. The summed E-state index contributed by atoms with van der Waals surface area (Å²) < 4.78 is 5.38. The van der Waals surface area contributed by atoms with Gasteiger partial charge in [0, 0.05) is 19.0 Å². The molecule has 2 aliphatic rings. The number of hydrogen-bond donors (Lipinski definition) is 0. The number of benzene rings is 1. The first-order valence-corrected chi connectivity index (χ1v) is 9.68. The van der Waals surface area contributed by atoms with E-state index in [9.17, 15) is 0 Å². The largest absolute Gasteiger partial charge is 0.339 e. The van der Waals surface area contributed by atoms with E-state index < -0.39 is 0 Å². The van der Waals surface area contributed by atoms with Crippen molar-refractivity contribution in [3.05, 3.63) is 47.6 Å². The molecule has 134 valence electrons. The van der Waals surface area contributed by atoms with Gasteiger partial charge in [-0.25, -0.2) is 0 Å². The van der Waals surface area contributed by atoms with E-state index in [1.165, 1.54) is 50.8 Å². The third kappa shape index (κ3) is 4.89. The van der Waals surface area contributed by atoms with Crippen LogP contribution in [0.2, 0.25) is 0 Å². The summed E-state index contributed by atoms with van der Waals surface area (Å²) >= 11 is 0. The van der Waals surface area contributed by atoms with Crippen LogP contribution in [0.5, 0.6) is 0 Å². The molecule has 1 aliphatic carbocycles. The number of aryl methyl sites for hydroxylation is 1.